The van der Waals surface area contributed by atoms with Gasteiger partial charge in [0.05, 0.1) is 5.41 Å². The Balaban J connectivity index is 1.63. The van der Waals surface area contributed by atoms with Crippen molar-refractivity contribution >= 4 is 21.5 Å². The molecule has 0 aromatic heterocycles. The maximum absolute atomic E-state index is 2.43. The molecule has 0 aliphatic heterocycles. The lowest BCUT2D eigenvalue weighted by Crippen LogP contribution is -2.34. The molecule has 1 atom stereocenters. The minimum atomic E-state index is -0.316. The highest BCUT2D eigenvalue weighted by Gasteiger charge is 2.50. The molecule has 0 saturated heterocycles. The van der Waals surface area contributed by atoms with Crippen molar-refractivity contribution < 1.29 is 0 Å². The normalized spacial score (nSPS) is 17.2. The molecule has 0 fully saturated rings. The summed E-state index contributed by atoms with van der Waals surface area (Å²) in [7, 11) is 0. The zero-order valence-corrected chi connectivity index (χ0v) is 20.6. The molecule has 8 rings (SSSR count). The molecule has 0 nitrogen and oxygen atoms in total. The standard InChI is InChI=1S/C36H26/c1-22-11-15-31-26(19-22)21-29-27-9-5-3-7-24(27)13-17-32(29)36(31)33-16-12-23(2)20-30(33)35-28-10-6-4-8-25(28)14-18-34(35)36/h3-20H,21H2,1-2H3. The van der Waals surface area contributed by atoms with Crippen molar-refractivity contribution in [3.63, 3.8) is 0 Å². The largest absolute Gasteiger partial charge is 0.0719 e. The number of hydrogen-bond donors (Lipinski definition) is 0. The van der Waals surface area contributed by atoms with Crippen molar-refractivity contribution in [1.29, 1.82) is 0 Å². The third kappa shape index (κ3) is 2.39. The zero-order chi connectivity index (χ0) is 24.0. The van der Waals surface area contributed by atoms with Gasteiger partial charge in [-0.1, -0.05) is 120 Å². The van der Waals surface area contributed by atoms with E-state index in [9.17, 15) is 0 Å². The molecule has 6 aromatic carbocycles. The van der Waals surface area contributed by atoms with Crippen LogP contribution in [0.4, 0.5) is 0 Å². The van der Waals surface area contributed by atoms with E-state index >= 15 is 0 Å². The summed E-state index contributed by atoms with van der Waals surface area (Å²) >= 11 is 0. The van der Waals surface area contributed by atoms with Crippen LogP contribution >= 0.6 is 0 Å². The Morgan fingerprint density at radius 1 is 0.528 bits per heavy atom. The van der Waals surface area contributed by atoms with Gasteiger partial charge in [0.2, 0.25) is 0 Å². The highest BCUT2D eigenvalue weighted by molar-refractivity contribution is 6.05. The molecule has 0 heterocycles. The first-order valence-electron chi connectivity index (χ1n) is 12.9. The summed E-state index contributed by atoms with van der Waals surface area (Å²) < 4.78 is 0. The van der Waals surface area contributed by atoms with Gasteiger partial charge in [-0.15, -0.1) is 0 Å². The first-order valence-corrected chi connectivity index (χ1v) is 12.9. The van der Waals surface area contributed by atoms with Crippen LogP contribution in [-0.4, -0.2) is 0 Å². The summed E-state index contributed by atoms with van der Waals surface area (Å²) in [4.78, 5) is 0. The summed E-state index contributed by atoms with van der Waals surface area (Å²) in [5.41, 5.74) is 13.7. The fourth-order valence-electron chi connectivity index (χ4n) is 7.24. The molecule has 0 heteroatoms. The van der Waals surface area contributed by atoms with Crippen LogP contribution in [0.5, 0.6) is 0 Å². The molecule has 0 saturated carbocycles. The van der Waals surface area contributed by atoms with E-state index in [1.807, 2.05) is 0 Å². The molecular weight excluding hydrogens is 432 g/mol. The van der Waals surface area contributed by atoms with E-state index in [-0.39, 0.29) is 5.41 Å². The first kappa shape index (κ1) is 20.1. The Labute approximate surface area is 211 Å². The van der Waals surface area contributed by atoms with E-state index in [4.69, 9.17) is 0 Å². The highest BCUT2D eigenvalue weighted by atomic mass is 14.5. The number of aryl methyl sites for hydroxylation is 2. The Morgan fingerprint density at radius 2 is 1.14 bits per heavy atom. The molecule has 0 amide bonds. The van der Waals surface area contributed by atoms with Crippen LogP contribution in [0.1, 0.15) is 44.5 Å². The molecule has 0 radical (unpaired) electrons. The van der Waals surface area contributed by atoms with E-state index in [0.29, 0.717) is 0 Å². The molecule has 2 aliphatic rings. The van der Waals surface area contributed by atoms with Crippen molar-refractivity contribution in [2.75, 3.05) is 0 Å². The van der Waals surface area contributed by atoms with Crippen LogP contribution in [0, 0.1) is 13.8 Å². The molecular formula is C36H26. The molecule has 6 aromatic rings. The van der Waals surface area contributed by atoms with Gasteiger partial charge in [-0.25, -0.2) is 0 Å². The lowest BCUT2D eigenvalue weighted by Gasteiger charge is -2.41. The van der Waals surface area contributed by atoms with Gasteiger partial charge in [-0.05, 0) is 86.3 Å². The smallest absolute Gasteiger partial charge is 0.0616 e. The second-order valence-corrected chi connectivity index (χ2v) is 10.7. The number of rotatable bonds is 0. The number of fused-ring (bicyclic) bond motifs is 13. The van der Waals surface area contributed by atoms with Gasteiger partial charge in [-0.2, -0.15) is 0 Å². The minimum absolute atomic E-state index is 0.316. The van der Waals surface area contributed by atoms with Crippen molar-refractivity contribution in [1.82, 2.24) is 0 Å². The van der Waals surface area contributed by atoms with E-state index < -0.39 is 0 Å². The maximum atomic E-state index is 2.43. The van der Waals surface area contributed by atoms with Gasteiger partial charge in [-0.3, -0.25) is 0 Å². The van der Waals surface area contributed by atoms with E-state index in [1.165, 1.54) is 77.2 Å². The van der Waals surface area contributed by atoms with Crippen molar-refractivity contribution in [3.8, 4) is 11.1 Å². The van der Waals surface area contributed by atoms with Gasteiger partial charge >= 0.3 is 0 Å². The SMILES string of the molecule is Cc1ccc2c(c1)Cc1c(ccc3ccccc13)C21c2ccc(C)cc2-c2c1ccc1ccccc21. The second-order valence-electron chi connectivity index (χ2n) is 10.7. The Hall–Kier alpha value is -4.16. The lowest BCUT2D eigenvalue weighted by molar-refractivity contribution is 0.725. The molecule has 2 aliphatic carbocycles. The topological polar surface area (TPSA) is 0 Å². The Morgan fingerprint density at radius 3 is 1.94 bits per heavy atom. The van der Waals surface area contributed by atoms with Crippen LogP contribution in [0.2, 0.25) is 0 Å². The second kappa shape index (κ2) is 6.95. The monoisotopic (exact) mass is 458 g/mol. The molecule has 1 unspecified atom stereocenters. The fourth-order valence-corrected chi connectivity index (χ4v) is 7.24. The van der Waals surface area contributed by atoms with Crippen LogP contribution in [0.3, 0.4) is 0 Å². The Kier molecular flexibility index (Phi) is 3.88. The molecule has 0 bridgehead atoms. The number of benzene rings is 6. The minimum Gasteiger partial charge on any atom is -0.0616 e. The van der Waals surface area contributed by atoms with Crippen molar-refractivity contribution in [2.45, 2.75) is 25.7 Å². The fraction of sp³-hybridized carbons (Fsp3) is 0.111. The van der Waals surface area contributed by atoms with Crippen LogP contribution in [0.25, 0.3) is 32.7 Å². The third-order valence-electron chi connectivity index (χ3n) is 8.66. The van der Waals surface area contributed by atoms with Gasteiger partial charge in [0, 0.05) is 0 Å². The summed E-state index contributed by atoms with van der Waals surface area (Å²) in [5, 5.41) is 5.35. The van der Waals surface area contributed by atoms with Crippen molar-refractivity contribution in [3.05, 3.63) is 154 Å². The lowest BCUT2D eigenvalue weighted by atomic mass is 9.61. The molecule has 1 spiro atoms. The van der Waals surface area contributed by atoms with Gasteiger partial charge in [0.15, 0.2) is 0 Å². The van der Waals surface area contributed by atoms with Crippen molar-refractivity contribution in [2.24, 2.45) is 0 Å². The van der Waals surface area contributed by atoms with Crippen LogP contribution < -0.4 is 0 Å². The summed E-state index contributed by atoms with van der Waals surface area (Å²) in [6, 6.07) is 41.6. The summed E-state index contributed by atoms with van der Waals surface area (Å²) in [6.45, 7) is 4.44. The maximum Gasteiger partial charge on any atom is 0.0719 e. The van der Waals surface area contributed by atoms with E-state index in [1.54, 1.807) is 0 Å². The van der Waals surface area contributed by atoms with Crippen LogP contribution in [0.15, 0.2) is 109 Å². The average Bonchev–Trinajstić information content (AvgIpc) is 3.19. The van der Waals surface area contributed by atoms with Gasteiger partial charge < -0.3 is 0 Å². The van der Waals surface area contributed by atoms with E-state index in [2.05, 4.69) is 123 Å². The highest BCUT2D eigenvalue weighted by Crippen LogP contribution is 2.61. The van der Waals surface area contributed by atoms with Gasteiger partial charge in [0.25, 0.3) is 0 Å². The van der Waals surface area contributed by atoms with E-state index in [0.717, 1.165) is 6.42 Å². The summed E-state index contributed by atoms with van der Waals surface area (Å²) in [5.74, 6) is 0. The zero-order valence-electron chi connectivity index (χ0n) is 20.6. The molecule has 0 N–H and O–H groups in total. The number of hydrogen-bond acceptors (Lipinski definition) is 0. The Bertz CT molecular complexity index is 1890. The predicted molar refractivity (Wildman–Crippen MR) is 151 cm³/mol. The summed E-state index contributed by atoms with van der Waals surface area (Å²) in [6.07, 6.45) is 0.972. The quantitative estimate of drug-likeness (QED) is 0.213. The van der Waals surface area contributed by atoms with Crippen LogP contribution in [-0.2, 0) is 11.8 Å². The predicted octanol–water partition coefficient (Wildman–Crippen LogP) is 8.88. The molecule has 170 valence electrons. The third-order valence-corrected chi connectivity index (χ3v) is 8.66. The first-order chi connectivity index (χ1) is 17.7. The van der Waals surface area contributed by atoms with Gasteiger partial charge in [0.1, 0.15) is 0 Å². The molecule has 36 heavy (non-hydrogen) atoms. The average molecular weight is 459 g/mol.